The van der Waals surface area contributed by atoms with Crippen LogP contribution in [0.1, 0.15) is 16.2 Å². The highest BCUT2D eigenvalue weighted by Crippen LogP contribution is 2.16. The Kier molecular flexibility index (Phi) is 4.73. The van der Waals surface area contributed by atoms with Crippen molar-refractivity contribution in [3.05, 3.63) is 75.5 Å². The average molecular weight is 363 g/mol. The molecule has 3 rings (SSSR count). The van der Waals surface area contributed by atoms with E-state index >= 15 is 0 Å². The molecule has 0 unspecified atom stereocenters. The highest BCUT2D eigenvalue weighted by Gasteiger charge is 2.11. The molecule has 1 heterocycles. The van der Waals surface area contributed by atoms with Gasteiger partial charge in [0, 0.05) is 10.6 Å². The van der Waals surface area contributed by atoms with Crippen molar-refractivity contribution in [1.29, 1.82) is 0 Å². The van der Waals surface area contributed by atoms with Crippen molar-refractivity contribution < 1.29 is 9.18 Å². The van der Waals surface area contributed by atoms with Gasteiger partial charge in [-0.3, -0.25) is 14.5 Å². The van der Waals surface area contributed by atoms with Crippen molar-refractivity contribution in [3.8, 4) is 5.69 Å². The molecule has 122 valence electrons. The number of H-pyrrole nitrogens is 1. The van der Waals surface area contributed by atoms with Gasteiger partial charge in [0.15, 0.2) is 10.6 Å². The number of nitrogens with one attached hydrogen (secondary N) is 2. The van der Waals surface area contributed by atoms with Crippen LogP contribution in [0.4, 0.5) is 4.39 Å². The predicted molar refractivity (Wildman–Crippen MR) is 91.3 cm³/mol. The van der Waals surface area contributed by atoms with Gasteiger partial charge in [-0.25, -0.2) is 4.39 Å². The number of aromatic nitrogens is 3. The fraction of sp³-hybridized carbons (Fsp3) is 0.0625. The second-order valence-corrected chi connectivity index (χ2v) is 5.78. The van der Waals surface area contributed by atoms with Crippen LogP contribution in [0.5, 0.6) is 0 Å². The lowest BCUT2D eigenvalue weighted by atomic mass is 10.2. The number of halogens is 2. The molecular weight excluding hydrogens is 351 g/mol. The highest BCUT2D eigenvalue weighted by atomic mass is 35.5. The van der Waals surface area contributed by atoms with Crippen LogP contribution < -0.4 is 5.32 Å². The summed E-state index contributed by atoms with van der Waals surface area (Å²) in [5.41, 5.74) is 0.967. The Balaban J connectivity index is 1.82. The summed E-state index contributed by atoms with van der Waals surface area (Å²) >= 11 is 11.2. The molecule has 0 saturated heterocycles. The number of carbonyl (C=O) groups excluding carboxylic acids is 1. The van der Waals surface area contributed by atoms with Crippen LogP contribution >= 0.6 is 23.8 Å². The van der Waals surface area contributed by atoms with Crippen LogP contribution in [0.25, 0.3) is 5.69 Å². The first-order valence-electron chi connectivity index (χ1n) is 7.00. The number of amides is 1. The van der Waals surface area contributed by atoms with E-state index in [4.69, 9.17) is 23.8 Å². The highest BCUT2D eigenvalue weighted by molar-refractivity contribution is 7.71. The van der Waals surface area contributed by atoms with E-state index < -0.39 is 11.7 Å². The molecule has 0 saturated carbocycles. The first-order chi connectivity index (χ1) is 11.5. The minimum absolute atomic E-state index is 0.120. The van der Waals surface area contributed by atoms with Gasteiger partial charge in [-0.05, 0) is 48.6 Å². The van der Waals surface area contributed by atoms with Gasteiger partial charge < -0.3 is 5.32 Å². The molecule has 1 amide bonds. The fourth-order valence-electron chi connectivity index (χ4n) is 2.22. The third-order valence-electron chi connectivity index (χ3n) is 3.30. The molecule has 2 aromatic carbocycles. The first kappa shape index (κ1) is 16.4. The maximum atomic E-state index is 13.2. The number of nitrogens with zero attached hydrogens (tertiary/aromatic N) is 2. The third-order valence-corrected chi connectivity index (χ3v) is 3.81. The summed E-state index contributed by atoms with van der Waals surface area (Å²) in [6.45, 7) is 0.120. The number of hydrogen-bond acceptors (Lipinski definition) is 3. The first-order valence-corrected chi connectivity index (χ1v) is 7.79. The van der Waals surface area contributed by atoms with Crippen molar-refractivity contribution in [1.82, 2.24) is 20.1 Å². The molecule has 0 aliphatic heterocycles. The minimum atomic E-state index is -0.468. The van der Waals surface area contributed by atoms with Crippen molar-refractivity contribution in [3.63, 3.8) is 0 Å². The van der Waals surface area contributed by atoms with Gasteiger partial charge in [0.2, 0.25) is 0 Å². The monoisotopic (exact) mass is 362 g/mol. The van der Waals surface area contributed by atoms with Crippen LogP contribution in [0.15, 0.2) is 48.5 Å². The van der Waals surface area contributed by atoms with E-state index in [1.54, 1.807) is 22.8 Å². The predicted octanol–water partition coefficient (Wildman–Crippen LogP) is 3.65. The molecule has 0 atom stereocenters. The van der Waals surface area contributed by atoms with Gasteiger partial charge in [-0.2, -0.15) is 5.10 Å². The summed E-state index contributed by atoms with van der Waals surface area (Å²) in [5, 5.41) is 10.1. The van der Waals surface area contributed by atoms with Crippen molar-refractivity contribution >= 4 is 29.7 Å². The lowest BCUT2D eigenvalue weighted by molar-refractivity contribution is 0.0949. The van der Waals surface area contributed by atoms with E-state index in [0.29, 0.717) is 15.6 Å². The van der Waals surface area contributed by atoms with Crippen LogP contribution in [-0.4, -0.2) is 20.7 Å². The number of hydrogen-bond donors (Lipinski definition) is 2. The van der Waals surface area contributed by atoms with Gasteiger partial charge in [-0.15, -0.1) is 0 Å². The summed E-state index contributed by atoms with van der Waals surface area (Å²) in [6.07, 6.45) is 0. The molecular formula is C16H12ClFN4OS. The van der Waals surface area contributed by atoms with Crippen LogP contribution in [0.2, 0.25) is 5.02 Å². The quantitative estimate of drug-likeness (QED) is 0.696. The molecule has 0 radical (unpaired) electrons. The SMILES string of the molecule is O=C(NCc1n[nH]c(=S)n1-c1cccc(Cl)c1)c1cccc(F)c1. The molecule has 1 aromatic heterocycles. The summed E-state index contributed by atoms with van der Waals surface area (Å²) in [5.74, 6) is -0.364. The van der Waals surface area contributed by atoms with Crippen molar-refractivity contribution in [2.75, 3.05) is 0 Å². The van der Waals surface area contributed by atoms with Crippen molar-refractivity contribution in [2.45, 2.75) is 6.54 Å². The van der Waals surface area contributed by atoms with Crippen LogP contribution in [0, 0.1) is 10.6 Å². The Bertz CT molecular complexity index is 953. The normalized spacial score (nSPS) is 10.6. The Morgan fingerprint density at radius 3 is 2.83 bits per heavy atom. The maximum absolute atomic E-state index is 13.2. The number of aromatic amines is 1. The Hall–Kier alpha value is -2.51. The zero-order valence-corrected chi connectivity index (χ0v) is 13.9. The van der Waals surface area contributed by atoms with Gasteiger partial charge in [0.05, 0.1) is 12.2 Å². The molecule has 0 aliphatic rings. The minimum Gasteiger partial charge on any atom is -0.345 e. The fourth-order valence-corrected chi connectivity index (χ4v) is 2.66. The van der Waals surface area contributed by atoms with Crippen molar-refractivity contribution in [2.24, 2.45) is 0 Å². The number of benzene rings is 2. The standard InChI is InChI=1S/C16H12ClFN4OS/c17-11-4-2-6-13(8-11)22-14(20-21-16(22)24)9-19-15(23)10-3-1-5-12(18)7-10/h1-8H,9H2,(H,19,23)(H,21,24). The smallest absolute Gasteiger partial charge is 0.251 e. The number of rotatable bonds is 4. The zero-order valence-electron chi connectivity index (χ0n) is 12.3. The Morgan fingerprint density at radius 1 is 1.29 bits per heavy atom. The molecule has 5 nitrogen and oxygen atoms in total. The van der Waals surface area contributed by atoms with Gasteiger partial charge in [0.1, 0.15) is 5.82 Å². The molecule has 0 fully saturated rings. The van der Waals surface area contributed by atoms with Gasteiger partial charge in [0.25, 0.3) is 5.91 Å². The molecule has 0 bridgehead atoms. The second-order valence-electron chi connectivity index (χ2n) is 4.95. The molecule has 0 spiro atoms. The zero-order chi connectivity index (χ0) is 17.1. The van der Waals surface area contributed by atoms with E-state index in [-0.39, 0.29) is 12.1 Å². The Morgan fingerprint density at radius 2 is 2.08 bits per heavy atom. The lowest BCUT2D eigenvalue weighted by Crippen LogP contribution is -2.24. The molecule has 0 aliphatic carbocycles. The van der Waals surface area contributed by atoms with E-state index in [1.165, 1.54) is 24.3 Å². The van der Waals surface area contributed by atoms with Crippen LogP contribution in [0.3, 0.4) is 0 Å². The summed E-state index contributed by atoms with van der Waals surface area (Å²) < 4.78 is 15.2. The number of carbonyl (C=O) groups is 1. The Labute approximate surface area is 147 Å². The lowest BCUT2D eigenvalue weighted by Gasteiger charge is -2.08. The topological polar surface area (TPSA) is 62.7 Å². The second kappa shape index (κ2) is 6.94. The summed E-state index contributed by atoms with van der Waals surface area (Å²) in [6, 6.07) is 12.6. The average Bonchev–Trinajstić information content (AvgIpc) is 2.93. The maximum Gasteiger partial charge on any atom is 0.251 e. The molecule has 2 N–H and O–H groups in total. The van der Waals surface area contributed by atoms with E-state index in [1.807, 2.05) is 6.07 Å². The molecule has 3 aromatic rings. The third kappa shape index (κ3) is 3.52. The van der Waals surface area contributed by atoms with Gasteiger partial charge >= 0.3 is 0 Å². The molecule has 24 heavy (non-hydrogen) atoms. The van der Waals surface area contributed by atoms with E-state index in [2.05, 4.69) is 15.5 Å². The van der Waals surface area contributed by atoms with E-state index in [9.17, 15) is 9.18 Å². The largest absolute Gasteiger partial charge is 0.345 e. The van der Waals surface area contributed by atoms with E-state index in [0.717, 1.165) is 5.69 Å². The molecule has 8 heteroatoms. The van der Waals surface area contributed by atoms with Gasteiger partial charge in [-0.1, -0.05) is 23.7 Å². The summed E-state index contributed by atoms with van der Waals surface area (Å²) in [4.78, 5) is 12.1. The van der Waals surface area contributed by atoms with Crippen LogP contribution in [-0.2, 0) is 6.54 Å². The summed E-state index contributed by atoms with van der Waals surface area (Å²) in [7, 11) is 0.